The Hall–Kier alpha value is -1.99. The van der Waals surface area contributed by atoms with Crippen molar-refractivity contribution in [3.05, 3.63) is 29.6 Å². The topological polar surface area (TPSA) is 67.8 Å². The highest BCUT2D eigenvalue weighted by molar-refractivity contribution is 5.97. The molecule has 0 heterocycles. The van der Waals surface area contributed by atoms with Gasteiger partial charge in [-0.15, -0.1) is 0 Å². The molecule has 3 N–H and O–H groups in total. The molecule has 0 aliphatic rings. The van der Waals surface area contributed by atoms with Crippen LogP contribution in [-0.2, 0) is 0 Å². The third kappa shape index (κ3) is 3.25. The van der Waals surface area contributed by atoms with Crippen molar-refractivity contribution in [2.45, 2.75) is 19.2 Å². The summed E-state index contributed by atoms with van der Waals surface area (Å²) in [5.74, 6) is -1.95. The normalized spacial score (nSPS) is 14.4. The van der Waals surface area contributed by atoms with E-state index in [0.717, 1.165) is 19.1 Å². The molecule has 0 radical (unpaired) electrons. The van der Waals surface area contributed by atoms with Crippen molar-refractivity contribution in [1.82, 2.24) is 0 Å². The Labute approximate surface area is 99.7 Å². The van der Waals surface area contributed by atoms with E-state index in [9.17, 15) is 17.6 Å². The molecule has 18 heavy (non-hydrogen) atoms. The molecule has 0 aromatic heterocycles. The van der Waals surface area contributed by atoms with Crippen LogP contribution in [0.2, 0.25) is 0 Å². The van der Waals surface area contributed by atoms with E-state index in [4.69, 9.17) is 10.9 Å². The molecule has 1 unspecified atom stereocenters. The number of ether oxygens (including phenoxy) is 1. The zero-order valence-electron chi connectivity index (χ0n) is 9.20. The second-order valence-corrected chi connectivity index (χ2v) is 3.43. The summed E-state index contributed by atoms with van der Waals surface area (Å²) < 4.78 is 54.5. The van der Waals surface area contributed by atoms with Gasteiger partial charge in [0, 0.05) is 5.56 Å². The maximum Gasteiger partial charge on any atom is 0.425 e. The van der Waals surface area contributed by atoms with E-state index in [1.807, 2.05) is 0 Å². The minimum absolute atomic E-state index is 0.0296. The zero-order chi connectivity index (χ0) is 13.9. The first-order chi connectivity index (χ1) is 8.25. The maximum absolute atomic E-state index is 13.4. The molecule has 0 spiro atoms. The van der Waals surface area contributed by atoms with Gasteiger partial charge in [-0.1, -0.05) is 5.16 Å². The standard InChI is InChI=1S/C10H10F4N2O2/c1-5(10(12,13)14)18-8-3-2-6(4-7(8)11)9(15)16-17/h2-5,17H,1H3,(H2,15,16). The quantitative estimate of drug-likeness (QED) is 0.290. The fraction of sp³-hybridized carbons (Fsp3) is 0.300. The SMILES string of the molecule is CC(Oc1ccc(C(N)=NO)cc1F)C(F)(F)F. The van der Waals surface area contributed by atoms with Crippen LogP contribution in [0.25, 0.3) is 0 Å². The van der Waals surface area contributed by atoms with Crippen molar-refractivity contribution in [2.24, 2.45) is 10.9 Å². The molecule has 1 aromatic carbocycles. The van der Waals surface area contributed by atoms with Crippen molar-refractivity contribution >= 4 is 5.84 Å². The first kappa shape index (κ1) is 14.1. The summed E-state index contributed by atoms with van der Waals surface area (Å²) >= 11 is 0. The maximum atomic E-state index is 13.4. The van der Waals surface area contributed by atoms with E-state index in [1.165, 1.54) is 6.07 Å². The Balaban J connectivity index is 2.94. The third-order valence-electron chi connectivity index (χ3n) is 2.10. The summed E-state index contributed by atoms with van der Waals surface area (Å²) in [4.78, 5) is 0. The van der Waals surface area contributed by atoms with Crippen molar-refractivity contribution < 1.29 is 27.5 Å². The van der Waals surface area contributed by atoms with Gasteiger partial charge >= 0.3 is 6.18 Å². The number of nitrogens with two attached hydrogens (primary N) is 1. The fourth-order valence-corrected chi connectivity index (χ4v) is 1.07. The van der Waals surface area contributed by atoms with Gasteiger partial charge in [0.05, 0.1) is 0 Å². The molecule has 8 heteroatoms. The van der Waals surface area contributed by atoms with Crippen molar-refractivity contribution in [3.8, 4) is 5.75 Å². The highest BCUT2D eigenvalue weighted by Crippen LogP contribution is 2.26. The predicted molar refractivity (Wildman–Crippen MR) is 55.1 cm³/mol. The van der Waals surface area contributed by atoms with Crippen LogP contribution in [0.1, 0.15) is 12.5 Å². The summed E-state index contributed by atoms with van der Waals surface area (Å²) in [6.45, 7) is 0.761. The Morgan fingerprint density at radius 3 is 2.50 bits per heavy atom. The number of rotatable bonds is 3. The molecule has 1 aromatic rings. The van der Waals surface area contributed by atoms with Gasteiger partial charge in [0.15, 0.2) is 23.5 Å². The lowest BCUT2D eigenvalue weighted by Crippen LogP contribution is -2.31. The third-order valence-corrected chi connectivity index (χ3v) is 2.10. The van der Waals surface area contributed by atoms with Crippen LogP contribution in [0.4, 0.5) is 17.6 Å². The number of hydrogen-bond donors (Lipinski definition) is 2. The monoisotopic (exact) mass is 266 g/mol. The largest absolute Gasteiger partial charge is 0.478 e. The van der Waals surface area contributed by atoms with Gasteiger partial charge in [-0.2, -0.15) is 13.2 Å². The molecule has 1 atom stereocenters. The van der Waals surface area contributed by atoms with Gasteiger partial charge in [-0.05, 0) is 25.1 Å². The highest BCUT2D eigenvalue weighted by atomic mass is 19.4. The number of halogens is 4. The zero-order valence-corrected chi connectivity index (χ0v) is 9.20. The van der Waals surface area contributed by atoms with Crippen molar-refractivity contribution in [2.75, 3.05) is 0 Å². The van der Waals surface area contributed by atoms with E-state index in [2.05, 4.69) is 9.89 Å². The second kappa shape index (κ2) is 5.11. The fourth-order valence-electron chi connectivity index (χ4n) is 1.07. The smallest absolute Gasteiger partial charge is 0.425 e. The minimum atomic E-state index is -4.59. The lowest BCUT2D eigenvalue weighted by molar-refractivity contribution is -0.189. The Bertz CT molecular complexity index is 460. The highest BCUT2D eigenvalue weighted by Gasteiger charge is 2.38. The van der Waals surface area contributed by atoms with E-state index in [-0.39, 0.29) is 11.4 Å². The minimum Gasteiger partial charge on any atom is -0.478 e. The Morgan fingerprint density at radius 1 is 1.44 bits per heavy atom. The van der Waals surface area contributed by atoms with E-state index in [1.54, 1.807) is 0 Å². The number of oxime groups is 1. The molecule has 100 valence electrons. The summed E-state index contributed by atoms with van der Waals surface area (Å²) in [7, 11) is 0. The summed E-state index contributed by atoms with van der Waals surface area (Å²) in [5.41, 5.74) is 5.23. The van der Waals surface area contributed by atoms with E-state index < -0.39 is 23.8 Å². The molecular weight excluding hydrogens is 256 g/mol. The second-order valence-electron chi connectivity index (χ2n) is 3.43. The van der Waals surface area contributed by atoms with Gasteiger partial charge in [0.2, 0.25) is 0 Å². The number of hydrogen-bond acceptors (Lipinski definition) is 3. The molecule has 1 rings (SSSR count). The molecule has 0 fully saturated rings. The van der Waals surface area contributed by atoms with Crippen LogP contribution in [0, 0.1) is 5.82 Å². The van der Waals surface area contributed by atoms with Crippen molar-refractivity contribution in [1.29, 1.82) is 0 Å². The molecule has 0 saturated carbocycles. The molecule has 0 bridgehead atoms. The molecule has 0 saturated heterocycles. The van der Waals surface area contributed by atoms with Crippen LogP contribution in [0.3, 0.4) is 0 Å². The lowest BCUT2D eigenvalue weighted by Gasteiger charge is -2.18. The number of nitrogens with zero attached hydrogens (tertiary/aromatic N) is 1. The van der Waals surface area contributed by atoms with Crippen LogP contribution in [0.15, 0.2) is 23.4 Å². The van der Waals surface area contributed by atoms with E-state index >= 15 is 0 Å². The van der Waals surface area contributed by atoms with Crippen LogP contribution in [-0.4, -0.2) is 23.3 Å². The number of alkyl halides is 3. The molecule has 4 nitrogen and oxygen atoms in total. The summed E-state index contributed by atoms with van der Waals surface area (Å²) in [6, 6.07) is 2.97. The van der Waals surface area contributed by atoms with Crippen LogP contribution >= 0.6 is 0 Å². The summed E-state index contributed by atoms with van der Waals surface area (Å²) in [6.07, 6.45) is -6.72. The Kier molecular flexibility index (Phi) is 4.00. The Morgan fingerprint density at radius 2 is 2.06 bits per heavy atom. The van der Waals surface area contributed by atoms with Gasteiger partial charge < -0.3 is 15.7 Å². The molecule has 0 amide bonds. The summed E-state index contributed by atoms with van der Waals surface area (Å²) in [5, 5.41) is 11.0. The number of benzene rings is 1. The van der Waals surface area contributed by atoms with Crippen molar-refractivity contribution in [3.63, 3.8) is 0 Å². The first-order valence-corrected chi connectivity index (χ1v) is 4.76. The lowest BCUT2D eigenvalue weighted by atomic mass is 10.2. The molecular formula is C10H10F4N2O2. The van der Waals surface area contributed by atoms with Crippen LogP contribution in [0.5, 0.6) is 5.75 Å². The predicted octanol–water partition coefficient (Wildman–Crippen LogP) is 2.25. The van der Waals surface area contributed by atoms with Gasteiger partial charge in [-0.25, -0.2) is 4.39 Å². The average molecular weight is 266 g/mol. The average Bonchev–Trinajstić information content (AvgIpc) is 2.29. The number of amidine groups is 1. The van der Waals surface area contributed by atoms with Crippen LogP contribution < -0.4 is 10.5 Å². The van der Waals surface area contributed by atoms with E-state index in [0.29, 0.717) is 0 Å². The first-order valence-electron chi connectivity index (χ1n) is 4.76. The molecule has 0 aliphatic heterocycles. The van der Waals surface area contributed by atoms with Gasteiger partial charge in [0.25, 0.3) is 0 Å². The van der Waals surface area contributed by atoms with Gasteiger partial charge in [-0.3, -0.25) is 0 Å². The van der Waals surface area contributed by atoms with Gasteiger partial charge in [0.1, 0.15) is 0 Å². The molecule has 0 aliphatic carbocycles.